The Bertz CT molecular complexity index is 658. The Hall–Kier alpha value is -1.17. The number of piperazine rings is 1. The minimum absolute atomic E-state index is 0.146. The van der Waals surface area contributed by atoms with Gasteiger partial charge in [-0.15, -0.1) is 0 Å². The second-order valence-electron chi connectivity index (χ2n) is 8.50. The van der Waals surface area contributed by atoms with Crippen LogP contribution in [0.15, 0.2) is 18.2 Å². The largest absolute Gasteiger partial charge is 0.340 e. The van der Waals surface area contributed by atoms with Gasteiger partial charge in [0.2, 0.25) is 5.91 Å². The van der Waals surface area contributed by atoms with Crippen molar-refractivity contribution in [3.63, 3.8) is 0 Å². The molecule has 2 saturated carbocycles. The Labute approximate surface area is 165 Å². The van der Waals surface area contributed by atoms with Gasteiger partial charge in [-0.2, -0.15) is 0 Å². The van der Waals surface area contributed by atoms with E-state index in [1.807, 2.05) is 4.90 Å². The van der Waals surface area contributed by atoms with Gasteiger partial charge in [0.1, 0.15) is 5.82 Å². The van der Waals surface area contributed by atoms with Gasteiger partial charge in [-0.1, -0.05) is 24.1 Å². The predicted octanol–water partition coefficient (Wildman–Crippen LogP) is 3.28. The van der Waals surface area contributed by atoms with Gasteiger partial charge in [0, 0.05) is 55.3 Å². The van der Waals surface area contributed by atoms with E-state index in [-0.39, 0.29) is 11.7 Å². The van der Waals surface area contributed by atoms with Gasteiger partial charge in [0.05, 0.1) is 0 Å². The summed E-state index contributed by atoms with van der Waals surface area (Å²) in [6.07, 6.45) is 5.54. The Morgan fingerprint density at radius 1 is 1.15 bits per heavy atom. The lowest BCUT2D eigenvalue weighted by molar-refractivity contribution is -0.140. The number of carbonyl (C=O) groups excluding carboxylic acids is 1. The van der Waals surface area contributed by atoms with Crippen molar-refractivity contribution in [2.45, 2.75) is 44.7 Å². The molecule has 0 radical (unpaired) electrons. The highest BCUT2D eigenvalue weighted by molar-refractivity contribution is 6.31. The van der Waals surface area contributed by atoms with E-state index < -0.39 is 0 Å². The van der Waals surface area contributed by atoms with E-state index in [4.69, 9.17) is 17.3 Å². The molecule has 0 aromatic heterocycles. The molecule has 1 aromatic carbocycles. The number of nitrogens with zero attached hydrogens (tertiary/aromatic N) is 2. The molecule has 1 amide bonds. The zero-order chi connectivity index (χ0) is 19.0. The minimum Gasteiger partial charge on any atom is -0.340 e. The fourth-order valence-corrected chi connectivity index (χ4v) is 5.51. The summed E-state index contributed by atoms with van der Waals surface area (Å²) in [5.41, 5.74) is 6.92. The SMILES string of the molecule is NC1C2CCCC1CC(C(=O)N1CCN(Cc3c(F)cccc3Cl)CC1)C2. The summed E-state index contributed by atoms with van der Waals surface area (Å²) in [6, 6.07) is 5.10. The van der Waals surface area contributed by atoms with Crippen molar-refractivity contribution in [1.82, 2.24) is 9.80 Å². The number of fused-ring (bicyclic) bond motifs is 2. The standard InChI is InChI=1S/C21H29ClFN3O/c22-18-5-2-6-19(23)17(18)13-25-7-9-26(10-8-25)21(27)16-11-14-3-1-4-15(12-16)20(14)24/h2,5-6,14-16,20H,1,3-4,7-13,24H2. The van der Waals surface area contributed by atoms with Crippen molar-refractivity contribution in [2.24, 2.45) is 23.5 Å². The highest BCUT2D eigenvalue weighted by Gasteiger charge is 2.41. The van der Waals surface area contributed by atoms with E-state index in [1.165, 1.54) is 25.3 Å². The molecule has 1 heterocycles. The summed E-state index contributed by atoms with van der Waals surface area (Å²) in [6.45, 7) is 3.44. The fraction of sp³-hybridized carbons (Fsp3) is 0.667. The molecule has 2 atom stereocenters. The molecular formula is C21H29ClFN3O. The third-order valence-corrected chi connectivity index (χ3v) is 7.24. The molecule has 1 saturated heterocycles. The van der Waals surface area contributed by atoms with E-state index in [9.17, 15) is 9.18 Å². The van der Waals surface area contributed by atoms with E-state index in [0.29, 0.717) is 54.0 Å². The lowest BCUT2D eigenvalue weighted by Gasteiger charge is -2.45. The van der Waals surface area contributed by atoms with Crippen LogP contribution >= 0.6 is 11.6 Å². The summed E-state index contributed by atoms with van der Waals surface area (Å²) < 4.78 is 14.0. The van der Waals surface area contributed by atoms with Crippen LogP contribution in [0.3, 0.4) is 0 Å². The Morgan fingerprint density at radius 2 is 1.81 bits per heavy atom. The predicted molar refractivity (Wildman–Crippen MR) is 105 cm³/mol. The number of benzene rings is 1. The molecule has 4 nitrogen and oxygen atoms in total. The molecular weight excluding hydrogens is 365 g/mol. The van der Waals surface area contributed by atoms with Gasteiger partial charge in [0.15, 0.2) is 0 Å². The highest BCUT2D eigenvalue weighted by atomic mass is 35.5. The second kappa shape index (κ2) is 8.06. The molecule has 2 unspecified atom stereocenters. The first-order valence-electron chi connectivity index (χ1n) is 10.2. The summed E-state index contributed by atoms with van der Waals surface area (Å²) in [4.78, 5) is 17.2. The highest BCUT2D eigenvalue weighted by Crippen LogP contribution is 2.42. The molecule has 0 spiro atoms. The van der Waals surface area contributed by atoms with E-state index in [2.05, 4.69) is 4.90 Å². The quantitative estimate of drug-likeness (QED) is 0.857. The van der Waals surface area contributed by atoms with Gasteiger partial charge in [-0.05, 0) is 49.7 Å². The Balaban J connectivity index is 1.32. The van der Waals surface area contributed by atoms with Crippen molar-refractivity contribution in [2.75, 3.05) is 26.2 Å². The number of rotatable bonds is 3. The summed E-state index contributed by atoms with van der Waals surface area (Å²) in [7, 11) is 0. The van der Waals surface area contributed by atoms with Crippen LogP contribution in [0, 0.1) is 23.6 Å². The molecule has 148 valence electrons. The minimum atomic E-state index is -0.258. The molecule has 2 N–H and O–H groups in total. The maximum absolute atomic E-state index is 14.0. The van der Waals surface area contributed by atoms with Crippen LogP contribution in [0.5, 0.6) is 0 Å². The molecule has 1 aliphatic heterocycles. The van der Waals surface area contributed by atoms with Crippen LogP contribution < -0.4 is 5.73 Å². The third-order valence-electron chi connectivity index (χ3n) is 6.89. The van der Waals surface area contributed by atoms with Gasteiger partial charge in [-0.25, -0.2) is 4.39 Å². The van der Waals surface area contributed by atoms with Crippen molar-refractivity contribution in [3.8, 4) is 0 Å². The monoisotopic (exact) mass is 393 g/mol. The lowest BCUT2D eigenvalue weighted by Crippen LogP contribution is -2.53. The second-order valence-corrected chi connectivity index (χ2v) is 8.91. The Morgan fingerprint density at radius 3 is 2.44 bits per heavy atom. The molecule has 1 aromatic rings. The van der Waals surface area contributed by atoms with E-state index in [1.54, 1.807) is 12.1 Å². The van der Waals surface area contributed by atoms with E-state index >= 15 is 0 Å². The molecule has 3 fully saturated rings. The van der Waals surface area contributed by atoms with E-state index in [0.717, 1.165) is 25.9 Å². The van der Waals surface area contributed by atoms with Crippen LogP contribution in [0.1, 0.15) is 37.7 Å². The van der Waals surface area contributed by atoms with Crippen molar-refractivity contribution >= 4 is 17.5 Å². The lowest BCUT2D eigenvalue weighted by atomic mass is 9.65. The summed E-state index contributed by atoms with van der Waals surface area (Å²) in [5, 5.41) is 0.471. The topological polar surface area (TPSA) is 49.6 Å². The van der Waals surface area contributed by atoms with Gasteiger partial charge < -0.3 is 10.6 Å². The number of hydrogen-bond acceptors (Lipinski definition) is 3. The van der Waals surface area contributed by atoms with Crippen LogP contribution in [-0.4, -0.2) is 47.9 Å². The van der Waals surface area contributed by atoms with Gasteiger partial charge in [0.25, 0.3) is 0 Å². The number of hydrogen-bond donors (Lipinski definition) is 1. The van der Waals surface area contributed by atoms with Crippen molar-refractivity contribution in [1.29, 1.82) is 0 Å². The first-order chi connectivity index (χ1) is 13.0. The average molecular weight is 394 g/mol. The zero-order valence-corrected chi connectivity index (χ0v) is 16.5. The molecule has 2 bridgehead atoms. The van der Waals surface area contributed by atoms with Crippen LogP contribution in [-0.2, 0) is 11.3 Å². The Kier molecular flexibility index (Phi) is 5.72. The van der Waals surface area contributed by atoms with Crippen molar-refractivity contribution in [3.05, 3.63) is 34.6 Å². The molecule has 4 rings (SSSR count). The maximum Gasteiger partial charge on any atom is 0.225 e. The van der Waals surface area contributed by atoms with Crippen LogP contribution in [0.2, 0.25) is 5.02 Å². The fourth-order valence-electron chi connectivity index (χ4n) is 5.28. The van der Waals surface area contributed by atoms with Gasteiger partial charge >= 0.3 is 0 Å². The van der Waals surface area contributed by atoms with Gasteiger partial charge in [-0.3, -0.25) is 9.69 Å². The molecule has 6 heteroatoms. The van der Waals surface area contributed by atoms with Crippen LogP contribution in [0.25, 0.3) is 0 Å². The average Bonchev–Trinajstić information content (AvgIpc) is 2.65. The molecule has 27 heavy (non-hydrogen) atoms. The molecule has 2 aliphatic carbocycles. The normalized spacial score (nSPS) is 31.7. The maximum atomic E-state index is 14.0. The first kappa shape index (κ1) is 19.2. The van der Waals surface area contributed by atoms with Crippen molar-refractivity contribution < 1.29 is 9.18 Å². The number of halogens is 2. The molecule has 3 aliphatic rings. The van der Waals surface area contributed by atoms with Crippen LogP contribution in [0.4, 0.5) is 4.39 Å². The number of nitrogens with two attached hydrogens (primary N) is 1. The summed E-state index contributed by atoms with van der Waals surface area (Å²) in [5.74, 6) is 1.24. The zero-order valence-electron chi connectivity index (χ0n) is 15.7. The number of amides is 1. The number of carbonyl (C=O) groups is 1. The summed E-state index contributed by atoms with van der Waals surface area (Å²) >= 11 is 6.15. The first-order valence-corrected chi connectivity index (χ1v) is 10.6. The third kappa shape index (κ3) is 4.01. The smallest absolute Gasteiger partial charge is 0.225 e.